The van der Waals surface area contributed by atoms with Crippen molar-refractivity contribution in [3.63, 3.8) is 0 Å². The van der Waals surface area contributed by atoms with Crippen molar-refractivity contribution in [2.75, 3.05) is 20.1 Å². The first kappa shape index (κ1) is 14.3. The van der Waals surface area contributed by atoms with Crippen molar-refractivity contribution < 1.29 is 0 Å². The second kappa shape index (κ2) is 6.91. The van der Waals surface area contributed by atoms with Gasteiger partial charge < -0.3 is 10.2 Å². The Bertz CT molecular complexity index is 241. The summed E-state index contributed by atoms with van der Waals surface area (Å²) in [6.07, 6.45) is 9.93. The SMILES string of the molecule is CCC1CCC(C)N(CC2CCCCC2NC)C1. The second-order valence-corrected chi connectivity index (χ2v) is 6.59. The number of rotatable bonds is 4. The van der Waals surface area contributed by atoms with E-state index in [2.05, 4.69) is 31.1 Å². The standard InChI is InChI=1S/C16H32N2/c1-4-14-10-9-13(2)18(11-14)12-15-7-5-6-8-16(15)17-3/h13-17H,4-12H2,1-3H3. The van der Waals surface area contributed by atoms with Crippen LogP contribution >= 0.6 is 0 Å². The van der Waals surface area contributed by atoms with Gasteiger partial charge in [0.2, 0.25) is 0 Å². The van der Waals surface area contributed by atoms with Crippen LogP contribution in [0, 0.1) is 11.8 Å². The minimum atomic E-state index is 0.771. The van der Waals surface area contributed by atoms with Crippen LogP contribution < -0.4 is 5.32 Å². The highest BCUT2D eigenvalue weighted by molar-refractivity contribution is 4.86. The molecule has 0 radical (unpaired) electrons. The number of nitrogens with zero attached hydrogens (tertiary/aromatic N) is 1. The number of hydrogen-bond donors (Lipinski definition) is 1. The first-order chi connectivity index (χ1) is 8.74. The molecule has 2 rings (SSSR count). The highest BCUT2D eigenvalue weighted by Gasteiger charge is 2.30. The Kier molecular flexibility index (Phi) is 5.50. The van der Waals surface area contributed by atoms with Crippen molar-refractivity contribution in [3.05, 3.63) is 0 Å². The molecule has 106 valence electrons. The summed E-state index contributed by atoms with van der Waals surface area (Å²) >= 11 is 0. The maximum Gasteiger partial charge on any atom is 0.0104 e. The van der Waals surface area contributed by atoms with Gasteiger partial charge in [-0.2, -0.15) is 0 Å². The highest BCUT2D eigenvalue weighted by atomic mass is 15.2. The van der Waals surface area contributed by atoms with E-state index in [1.54, 1.807) is 0 Å². The summed E-state index contributed by atoms with van der Waals surface area (Å²) in [5.41, 5.74) is 0. The van der Waals surface area contributed by atoms with E-state index in [1.807, 2.05) is 0 Å². The lowest BCUT2D eigenvalue weighted by Crippen LogP contribution is -2.48. The van der Waals surface area contributed by atoms with Crippen molar-refractivity contribution in [1.82, 2.24) is 10.2 Å². The molecule has 1 aliphatic heterocycles. The van der Waals surface area contributed by atoms with Crippen LogP contribution in [0.2, 0.25) is 0 Å². The molecule has 0 bridgehead atoms. The van der Waals surface area contributed by atoms with Crippen molar-refractivity contribution in [2.24, 2.45) is 11.8 Å². The van der Waals surface area contributed by atoms with E-state index in [0.29, 0.717) is 0 Å². The normalized spacial score (nSPS) is 38.8. The van der Waals surface area contributed by atoms with Crippen molar-refractivity contribution in [1.29, 1.82) is 0 Å². The van der Waals surface area contributed by atoms with Gasteiger partial charge in [-0.05, 0) is 51.5 Å². The zero-order valence-electron chi connectivity index (χ0n) is 12.6. The Morgan fingerprint density at radius 2 is 1.89 bits per heavy atom. The first-order valence-electron chi connectivity index (χ1n) is 8.15. The van der Waals surface area contributed by atoms with Crippen LogP contribution in [0.5, 0.6) is 0 Å². The summed E-state index contributed by atoms with van der Waals surface area (Å²) in [4.78, 5) is 2.79. The van der Waals surface area contributed by atoms with Gasteiger partial charge in [-0.3, -0.25) is 0 Å². The molecular formula is C16H32N2. The summed E-state index contributed by atoms with van der Waals surface area (Å²) in [6.45, 7) is 7.48. The highest BCUT2D eigenvalue weighted by Crippen LogP contribution is 2.29. The molecule has 1 saturated heterocycles. The summed E-state index contributed by atoms with van der Waals surface area (Å²) < 4.78 is 0. The molecule has 2 aliphatic rings. The van der Waals surface area contributed by atoms with E-state index >= 15 is 0 Å². The minimum Gasteiger partial charge on any atom is -0.317 e. The van der Waals surface area contributed by atoms with E-state index in [-0.39, 0.29) is 0 Å². The molecular weight excluding hydrogens is 220 g/mol. The van der Waals surface area contributed by atoms with Crippen LogP contribution in [-0.4, -0.2) is 37.1 Å². The fraction of sp³-hybridized carbons (Fsp3) is 1.00. The third-order valence-corrected chi connectivity index (χ3v) is 5.43. The van der Waals surface area contributed by atoms with E-state index < -0.39 is 0 Å². The van der Waals surface area contributed by atoms with Crippen LogP contribution in [-0.2, 0) is 0 Å². The Morgan fingerprint density at radius 1 is 1.11 bits per heavy atom. The average molecular weight is 252 g/mol. The van der Waals surface area contributed by atoms with Gasteiger partial charge in [0.15, 0.2) is 0 Å². The molecule has 2 fully saturated rings. The predicted octanol–water partition coefficient (Wildman–Crippen LogP) is 3.28. The van der Waals surface area contributed by atoms with Gasteiger partial charge in [-0.25, -0.2) is 0 Å². The number of piperidine rings is 1. The monoisotopic (exact) mass is 252 g/mol. The van der Waals surface area contributed by atoms with Crippen molar-refractivity contribution in [3.8, 4) is 0 Å². The van der Waals surface area contributed by atoms with Gasteiger partial charge in [0.1, 0.15) is 0 Å². The van der Waals surface area contributed by atoms with Crippen LogP contribution in [0.1, 0.15) is 58.8 Å². The molecule has 2 nitrogen and oxygen atoms in total. The van der Waals surface area contributed by atoms with E-state index in [9.17, 15) is 0 Å². The first-order valence-corrected chi connectivity index (χ1v) is 8.15. The summed E-state index contributed by atoms with van der Waals surface area (Å²) in [5.74, 6) is 1.85. The van der Waals surface area contributed by atoms with Crippen LogP contribution in [0.15, 0.2) is 0 Å². The molecule has 0 amide bonds. The Hall–Kier alpha value is -0.0800. The molecule has 1 saturated carbocycles. The van der Waals surface area contributed by atoms with Gasteiger partial charge >= 0.3 is 0 Å². The van der Waals surface area contributed by atoms with Crippen LogP contribution in [0.4, 0.5) is 0 Å². The minimum absolute atomic E-state index is 0.771. The lowest BCUT2D eigenvalue weighted by Gasteiger charge is -2.42. The zero-order chi connectivity index (χ0) is 13.0. The molecule has 0 aromatic carbocycles. The molecule has 0 aromatic heterocycles. The van der Waals surface area contributed by atoms with Gasteiger partial charge in [-0.15, -0.1) is 0 Å². The third-order valence-electron chi connectivity index (χ3n) is 5.43. The third kappa shape index (κ3) is 3.48. The lowest BCUT2D eigenvalue weighted by atomic mass is 9.82. The number of hydrogen-bond acceptors (Lipinski definition) is 2. The topological polar surface area (TPSA) is 15.3 Å². The molecule has 0 aromatic rings. The van der Waals surface area contributed by atoms with Gasteiger partial charge in [-0.1, -0.05) is 26.2 Å². The predicted molar refractivity (Wildman–Crippen MR) is 78.9 cm³/mol. The smallest absolute Gasteiger partial charge is 0.0104 e. The quantitative estimate of drug-likeness (QED) is 0.826. The van der Waals surface area contributed by atoms with Gasteiger partial charge in [0, 0.05) is 25.2 Å². The van der Waals surface area contributed by atoms with Crippen molar-refractivity contribution >= 4 is 0 Å². The summed E-state index contributed by atoms with van der Waals surface area (Å²) in [6, 6.07) is 1.58. The van der Waals surface area contributed by atoms with Crippen molar-refractivity contribution in [2.45, 2.75) is 70.9 Å². The largest absolute Gasteiger partial charge is 0.317 e. The molecule has 0 spiro atoms. The Morgan fingerprint density at radius 3 is 2.61 bits per heavy atom. The van der Waals surface area contributed by atoms with E-state index in [1.165, 1.54) is 58.0 Å². The molecule has 2 heteroatoms. The Balaban J connectivity index is 1.89. The molecule has 1 aliphatic carbocycles. The molecule has 4 unspecified atom stereocenters. The van der Waals surface area contributed by atoms with E-state index in [0.717, 1.165) is 23.9 Å². The van der Waals surface area contributed by atoms with Gasteiger partial charge in [0.05, 0.1) is 0 Å². The maximum atomic E-state index is 3.56. The average Bonchev–Trinajstić information content (AvgIpc) is 2.42. The van der Waals surface area contributed by atoms with E-state index in [4.69, 9.17) is 0 Å². The van der Waals surface area contributed by atoms with Gasteiger partial charge in [0.25, 0.3) is 0 Å². The number of likely N-dealkylation sites (tertiary alicyclic amines) is 1. The fourth-order valence-corrected chi connectivity index (χ4v) is 3.96. The molecule has 4 atom stereocenters. The summed E-state index contributed by atoms with van der Waals surface area (Å²) in [5, 5.41) is 3.56. The zero-order valence-corrected chi connectivity index (χ0v) is 12.6. The maximum absolute atomic E-state index is 3.56. The molecule has 1 heterocycles. The lowest BCUT2D eigenvalue weighted by molar-refractivity contribution is 0.0791. The van der Waals surface area contributed by atoms with Crippen LogP contribution in [0.3, 0.4) is 0 Å². The Labute approximate surface area is 114 Å². The second-order valence-electron chi connectivity index (χ2n) is 6.59. The summed E-state index contributed by atoms with van der Waals surface area (Å²) in [7, 11) is 2.15. The fourth-order valence-electron chi connectivity index (χ4n) is 3.96. The van der Waals surface area contributed by atoms with Crippen LogP contribution in [0.25, 0.3) is 0 Å². The molecule has 18 heavy (non-hydrogen) atoms. The number of nitrogens with one attached hydrogen (secondary N) is 1. The molecule has 1 N–H and O–H groups in total.